The van der Waals surface area contributed by atoms with Gasteiger partial charge in [-0.3, -0.25) is 0 Å². The molecule has 8 heteroatoms. The molecule has 3 rings (SSSR count). The molecular formula is C23H32N4O3S. The number of rotatable bonds is 11. The Labute approximate surface area is 188 Å². The van der Waals surface area contributed by atoms with Crippen molar-refractivity contribution in [2.24, 2.45) is 0 Å². The van der Waals surface area contributed by atoms with Gasteiger partial charge >= 0.3 is 5.97 Å². The summed E-state index contributed by atoms with van der Waals surface area (Å²) in [6, 6.07) is 7.30. The van der Waals surface area contributed by atoms with Crippen LogP contribution in [0.5, 0.6) is 5.75 Å². The van der Waals surface area contributed by atoms with Gasteiger partial charge in [0.25, 0.3) is 0 Å². The van der Waals surface area contributed by atoms with E-state index in [0.717, 1.165) is 48.4 Å². The number of nitrogens with zero attached hydrogens (tertiary/aromatic N) is 3. The van der Waals surface area contributed by atoms with Crippen LogP contribution in [0.3, 0.4) is 0 Å². The maximum absolute atomic E-state index is 13.1. The van der Waals surface area contributed by atoms with Gasteiger partial charge in [-0.1, -0.05) is 56.7 Å². The molecule has 1 atom stereocenters. The number of ether oxygens (including phenoxy) is 2. The van der Waals surface area contributed by atoms with Crippen LogP contribution < -0.4 is 10.1 Å². The van der Waals surface area contributed by atoms with Gasteiger partial charge in [-0.15, -0.1) is 5.10 Å². The predicted molar refractivity (Wildman–Crippen MR) is 124 cm³/mol. The molecule has 1 aromatic heterocycles. The summed E-state index contributed by atoms with van der Waals surface area (Å²) in [7, 11) is 0. The number of aromatic nitrogens is 3. The van der Waals surface area contributed by atoms with Gasteiger partial charge in [-0.25, -0.2) is 9.48 Å². The van der Waals surface area contributed by atoms with Gasteiger partial charge in [0.15, 0.2) is 0 Å². The van der Waals surface area contributed by atoms with Crippen molar-refractivity contribution in [1.29, 1.82) is 0 Å². The van der Waals surface area contributed by atoms with Crippen molar-refractivity contribution in [3.63, 3.8) is 0 Å². The van der Waals surface area contributed by atoms with E-state index >= 15 is 0 Å². The fourth-order valence-electron chi connectivity index (χ4n) is 3.43. The Morgan fingerprint density at radius 1 is 1.19 bits per heavy atom. The number of nitrogens with one attached hydrogen (secondary N) is 1. The molecule has 31 heavy (non-hydrogen) atoms. The summed E-state index contributed by atoms with van der Waals surface area (Å²) in [6.45, 7) is 9.00. The van der Waals surface area contributed by atoms with Crippen molar-refractivity contribution in [3.05, 3.63) is 41.1 Å². The zero-order valence-electron chi connectivity index (χ0n) is 18.8. The van der Waals surface area contributed by atoms with Crippen LogP contribution in [0.15, 0.2) is 40.7 Å². The third-order valence-electron chi connectivity index (χ3n) is 5.03. The summed E-state index contributed by atoms with van der Waals surface area (Å²) >= 11 is 1.63. The highest BCUT2D eigenvalue weighted by atomic mass is 32.2. The van der Waals surface area contributed by atoms with Crippen molar-refractivity contribution >= 4 is 23.7 Å². The molecule has 0 spiro atoms. The Bertz CT molecular complexity index is 925. The average Bonchev–Trinajstić information content (AvgIpc) is 3.16. The van der Waals surface area contributed by atoms with E-state index in [1.165, 1.54) is 0 Å². The zero-order chi connectivity index (χ0) is 22.2. The van der Waals surface area contributed by atoms with Crippen LogP contribution in [0, 0.1) is 0 Å². The maximum Gasteiger partial charge on any atom is 0.338 e. The van der Waals surface area contributed by atoms with Crippen molar-refractivity contribution in [2.75, 3.05) is 24.3 Å². The lowest BCUT2D eigenvalue weighted by Gasteiger charge is -2.29. The second kappa shape index (κ2) is 11.2. The van der Waals surface area contributed by atoms with Crippen LogP contribution in [-0.4, -0.2) is 39.7 Å². The van der Waals surface area contributed by atoms with Gasteiger partial charge in [-0.05, 0) is 32.8 Å². The summed E-state index contributed by atoms with van der Waals surface area (Å²) in [4.78, 5) is 17.8. The number of anilines is 1. The van der Waals surface area contributed by atoms with E-state index in [0.29, 0.717) is 29.9 Å². The molecule has 1 unspecified atom stereocenters. The summed E-state index contributed by atoms with van der Waals surface area (Å²) < 4.78 is 13.3. The highest BCUT2D eigenvalue weighted by Gasteiger charge is 2.36. The predicted octanol–water partition coefficient (Wildman–Crippen LogP) is 5.20. The van der Waals surface area contributed by atoms with Gasteiger partial charge in [-0.2, -0.15) is 4.98 Å². The average molecular weight is 445 g/mol. The number of hydrogen-bond acceptors (Lipinski definition) is 7. The standard InChI is InChI=1S/C23H32N4O3S/c1-5-8-14-30-21(28)19-16(4)24-22-25-23(31-15-9-6-2)26-27(22)20(19)17-12-10-11-13-18(17)29-7-3/h10-13,20H,5-9,14-15H2,1-4H3,(H,24,25,26). The molecule has 2 heterocycles. The molecule has 1 aliphatic rings. The molecule has 0 amide bonds. The molecule has 0 aliphatic carbocycles. The normalized spacial score (nSPS) is 15.4. The van der Waals surface area contributed by atoms with Crippen LogP contribution in [0.2, 0.25) is 0 Å². The minimum atomic E-state index is -0.471. The number of carbonyl (C=O) groups is 1. The first-order chi connectivity index (χ1) is 15.1. The lowest BCUT2D eigenvalue weighted by atomic mass is 9.95. The van der Waals surface area contributed by atoms with Gasteiger partial charge in [0.1, 0.15) is 11.8 Å². The topological polar surface area (TPSA) is 78.3 Å². The monoisotopic (exact) mass is 444 g/mol. The third-order valence-corrected chi connectivity index (χ3v) is 5.95. The molecule has 0 saturated heterocycles. The van der Waals surface area contributed by atoms with Gasteiger partial charge in [0.05, 0.1) is 18.8 Å². The Kier molecular flexibility index (Phi) is 8.40. The van der Waals surface area contributed by atoms with E-state index in [1.807, 2.05) is 38.1 Å². The largest absolute Gasteiger partial charge is 0.494 e. The minimum Gasteiger partial charge on any atom is -0.494 e. The van der Waals surface area contributed by atoms with E-state index < -0.39 is 6.04 Å². The second-order valence-electron chi connectivity index (χ2n) is 7.39. The molecule has 0 radical (unpaired) electrons. The number of esters is 1. The molecule has 2 aromatic rings. The van der Waals surface area contributed by atoms with Gasteiger partial charge in [0.2, 0.25) is 11.1 Å². The lowest BCUT2D eigenvalue weighted by Crippen LogP contribution is -2.30. The van der Waals surface area contributed by atoms with Crippen molar-refractivity contribution in [3.8, 4) is 5.75 Å². The first-order valence-electron chi connectivity index (χ1n) is 11.1. The summed E-state index contributed by atoms with van der Waals surface area (Å²) in [5, 5.41) is 8.71. The molecular weight excluding hydrogens is 412 g/mol. The van der Waals surface area contributed by atoms with Crippen molar-refractivity contribution in [1.82, 2.24) is 14.8 Å². The number of benzene rings is 1. The summed E-state index contributed by atoms with van der Waals surface area (Å²) in [5.74, 6) is 1.97. The summed E-state index contributed by atoms with van der Waals surface area (Å²) in [5.41, 5.74) is 2.12. The molecule has 7 nitrogen and oxygen atoms in total. The Morgan fingerprint density at radius 3 is 2.71 bits per heavy atom. The fourth-order valence-corrected chi connectivity index (χ4v) is 4.34. The molecule has 1 aliphatic heterocycles. The highest BCUT2D eigenvalue weighted by Crippen LogP contribution is 2.40. The van der Waals surface area contributed by atoms with Gasteiger partial charge < -0.3 is 14.8 Å². The van der Waals surface area contributed by atoms with Crippen LogP contribution in [0.4, 0.5) is 5.95 Å². The lowest BCUT2D eigenvalue weighted by molar-refractivity contribution is -0.139. The third kappa shape index (κ3) is 5.42. The molecule has 168 valence electrons. The highest BCUT2D eigenvalue weighted by molar-refractivity contribution is 7.99. The molecule has 1 aromatic carbocycles. The number of para-hydroxylation sites is 1. The Hall–Kier alpha value is -2.48. The first kappa shape index (κ1) is 23.2. The fraction of sp³-hybridized carbons (Fsp3) is 0.522. The van der Waals surface area contributed by atoms with Crippen molar-refractivity contribution < 1.29 is 14.3 Å². The van der Waals surface area contributed by atoms with Crippen LogP contribution in [-0.2, 0) is 9.53 Å². The number of allylic oxidation sites excluding steroid dienone is 1. The quantitative estimate of drug-likeness (QED) is 0.290. The second-order valence-corrected chi connectivity index (χ2v) is 8.45. The SMILES string of the molecule is CCCCOC(=O)C1=C(C)Nc2nc(SCCCC)nn2C1c1ccccc1OCC. The smallest absolute Gasteiger partial charge is 0.338 e. The van der Waals surface area contributed by atoms with E-state index in [4.69, 9.17) is 14.6 Å². The van der Waals surface area contributed by atoms with Gasteiger partial charge in [0, 0.05) is 17.0 Å². The van der Waals surface area contributed by atoms with E-state index in [9.17, 15) is 4.79 Å². The van der Waals surface area contributed by atoms with Crippen LogP contribution in [0.1, 0.15) is 65.0 Å². The minimum absolute atomic E-state index is 0.337. The Balaban J connectivity index is 2.03. The molecule has 0 bridgehead atoms. The van der Waals surface area contributed by atoms with Crippen LogP contribution >= 0.6 is 11.8 Å². The molecule has 1 N–H and O–H groups in total. The zero-order valence-corrected chi connectivity index (χ0v) is 19.6. The molecule has 0 saturated carbocycles. The summed E-state index contributed by atoms with van der Waals surface area (Å²) in [6.07, 6.45) is 4.02. The Morgan fingerprint density at radius 2 is 1.97 bits per heavy atom. The number of unbranched alkanes of at least 4 members (excludes halogenated alkanes) is 2. The van der Waals surface area contributed by atoms with Crippen molar-refractivity contribution in [2.45, 2.75) is 64.6 Å². The maximum atomic E-state index is 13.1. The van der Waals surface area contributed by atoms with Crippen LogP contribution in [0.25, 0.3) is 0 Å². The first-order valence-corrected chi connectivity index (χ1v) is 12.0. The van der Waals surface area contributed by atoms with E-state index in [1.54, 1.807) is 16.4 Å². The van der Waals surface area contributed by atoms with E-state index in [-0.39, 0.29) is 5.97 Å². The number of carbonyl (C=O) groups excluding carboxylic acids is 1. The number of hydrogen-bond donors (Lipinski definition) is 1. The molecule has 0 fully saturated rings. The van der Waals surface area contributed by atoms with E-state index in [2.05, 4.69) is 24.1 Å². The number of thioether (sulfide) groups is 1. The number of fused-ring (bicyclic) bond motifs is 1.